The summed E-state index contributed by atoms with van der Waals surface area (Å²) < 4.78 is 0. The normalized spacial score (nSPS) is 15.8. The van der Waals surface area contributed by atoms with Gasteiger partial charge in [-0.05, 0) is 37.1 Å². The molecule has 2 aromatic rings. The first-order chi connectivity index (χ1) is 7.86. The quantitative estimate of drug-likeness (QED) is 0.724. The molecular formula is C14H16N2. The van der Waals surface area contributed by atoms with Crippen molar-refractivity contribution in [2.24, 2.45) is 0 Å². The number of aryl methyl sites for hydroxylation is 1. The van der Waals surface area contributed by atoms with Crippen LogP contribution in [0, 0.1) is 6.92 Å². The van der Waals surface area contributed by atoms with E-state index >= 15 is 0 Å². The third-order valence-electron chi connectivity index (χ3n) is 3.45. The SMILES string of the molecule is Cc1c2c(nc3ccccc13)CCNCC2. The van der Waals surface area contributed by atoms with E-state index in [0.717, 1.165) is 31.4 Å². The van der Waals surface area contributed by atoms with Gasteiger partial charge < -0.3 is 5.32 Å². The van der Waals surface area contributed by atoms with Crippen molar-refractivity contribution in [3.63, 3.8) is 0 Å². The molecule has 0 amide bonds. The molecule has 0 spiro atoms. The van der Waals surface area contributed by atoms with Crippen LogP contribution in [0.15, 0.2) is 24.3 Å². The fourth-order valence-electron chi connectivity index (χ4n) is 2.56. The van der Waals surface area contributed by atoms with Gasteiger partial charge in [-0.1, -0.05) is 18.2 Å². The highest BCUT2D eigenvalue weighted by atomic mass is 14.9. The maximum atomic E-state index is 4.80. The van der Waals surface area contributed by atoms with E-state index in [-0.39, 0.29) is 0 Å². The van der Waals surface area contributed by atoms with Crippen molar-refractivity contribution in [3.8, 4) is 0 Å². The van der Waals surface area contributed by atoms with Gasteiger partial charge in [-0.2, -0.15) is 0 Å². The van der Waals surface area contributed by atoms with Crippen molar-refractivity contribution in [3.05, 3.63) is 41.1 Å². The van der Waals surface area contributed by atoms with E-state index < -0.39 is 0 Å². The minimum atomic E-state index is 1.05. The zero-order valence-corrected chi connectivity index (χ0v) is 9.59. The Balaban J connectivity index is 2.29. The molecule has 16 heavy (non-hydrogen) atoms. The lowest BCUT2D eigenvalue weighted by atomic mass is 9.99. The highest BCUT2D eigenvalue weighted by Crippen LogP contribution is 2.24. The third kappa shape index (κ3) is 1.50. The lowest BCUT2D eigenvalue weighted by molar-refractivity contribution is 0.708. The first kappa shape index (κ1) is 9.79. The van der Waals surface area contributed by atoms with Crippen molar-refractivity contribution in [2.75, 3.05) is 13.1 Å². The lowest BCUT2D eigenvalue weighted by Crippen LogP contribution is -2.16. The number of fused-ring (bicyclic) bond motifs is 2. The van der Waals surface area contributed by atoms with E-state index in [2.05, 4.69) is 36.5 Å². The second-order valence-corrected chi connectivity index (χ2v) is 4.43. The summed E-state index contributed by atoms with van der Waals surface area (Å²) in [7, 11) is 0. The van der Waals surface area contributed by atoms with Crippen LogP contribution in [0.4, 0.5) is 0 Å². The molecular weight excluding hydrogens is 196 g/mol. The van der Waals surface area contributed by atoms with E-state index in [9.17, 15) is 0 Å². The average molecular weight is 212 g/mol. The number of para-hydroxylation sites is 1. The Labute approximate surface area is 95.7 Å². The second-order valence-electron chi connectivity index (χ2n) is 4.43. The van der Waals surface area contributed by atoms with Gasteiger partial charge in [-0.15, -0.1) is 0 Å². The van der Waals surface area contributed by atoms with E-state index in [1.54, 1.807) is 0 Å². The van der Waals surface area contributed by atoms with Gasteiger partial charge in [0.05, 0.1) is 5.52 Å². The Kier molecular flexibility index (Phi) is 2.37. The maximum Gasteiger partial charge on any atom is 0.0708 e. The molecule has 1 aromatic carbocycles. The summed E-state index contributed by atoms with van der Waals surface area (Å²) in [4.78, 5) is 4.80. The molecule has 0 saturated carbocycles. The molecule has 0 bridgehead atoms. The van der Waals surface area contributed by atoms with Crippen LogP contribution in [-0.2, 0) is 12.8 Å². The van der Waals surface area contributed by atoms with Crippen molar-refractivity contribution >= 4 is 10.9 Å². The third-order valence-corrected chi connectivity index (χ3v) is 3.45. The fourth-order valence-corrected chi connectivity index (χ4v) is 2.56. The minimum Gasteiger partial charge on any atom is -0.316 e. The summed E-state index contributed by atoms with van der Waals surface area (Å²) in [5.41, 5.74) is 5.31. The lowest BCUT2D eigenvalue weighted by Gasteiger charge is -2.11. The molecule has 0 saturated heterocycles. The minimum absolute atomic E-state index is 1.05. The second kappa shape index (κ2) is 3.87. The van der Waals surface area contributed by atoms with Crippen molar-refractivity contribution in [1.82, 2.24) is 10.3 Å². The van der Waals surface area contributed by atoms with Crippen LogP contribution < -0.4 is 5.32 Å². The van der Waals surface area contributed by atoms with Crippen molar-refractivity contribution < 1.29 is 0 Å². The van der Waals surface area contributed by atoms with Crippen LogP contribution in [0.2, 0.25) is 0 Å². The van der Waals surface area contributed by atoms with Crippen molar-refractivity contribution in [1.29, 1.82) is 0 Å². The molecule has 1 N–H and O–H groups in total. The van der Waals surface area contributed by atoms with Gasteiger partial charge >= 0.3 is 0 Å². The smallest absolute Gasteiger partial charge is 0.0708 e. The van der Waals surface area contributed by atoms with Crippen molar-refractivity contribution in [2.45, 2.75) is 19.8 Å². The van der Waals surface area contributed by atoms with Crippen LogP contribution in [-0.4, -0.2) is 18.1 Å². The van der Waals surface area contributed by atoms with Gasteiger partial charge in [0.1, 0.15) is 0 Å². The number of aromatic nitrogens is 1. The van der Waals surface area contributed by atoms with Crippen LogP contribution in [0.3, 0.4) is 0 Å². The highest BCUT2D eigenvalue weighted by Gasteiger charge is 2.13. The summed E-state index contributed by atoms with van der Waals surface area (Å²) in [6.45, 7) is 4.36. The zero-order valence-electron chi connectivity index (χ0n) is 9.59. The number of hydrogen-bond acceptors (Lipinski definition) is 2. The van der Waals surface area contributed by atoms with E-state index in [1.165, 1.54) is 22.2 Å². The molecule has 1 aliphatic rings. The van der Waals surface area contributed by atoms with Crippen LogP contribution >= 0.6 is 0 Å². The monoisotopic (exact) mass is 212 g/mol. The Morgan fingerprint density at radius 2 is 1.94 bits per heavy atom. The number of rotatable bonds is 0. The zero-order chi connectivity index (χ0) is 11.0. The molecule has 0 fully saturated rings. The topological polar surface area (TPSA) is 24.9 Å². The highest BCUT2D eigenvalue weighted by molar-refractivity contribution is 5.83. The predicted molar refractivity (Wildman–Crippen MR) is 66.8 cm³/mol. The molecule has 0 aliphatic carbocycles. The number of nitrogens with one attached hydrogen (secondary N) is 1. The Morgan fingerprint density at radius 1 is 1.12 bits per heavy atom. The van der Waals surface area contributed by atoms with Crippen LogP contribution in [0.25, 0.3) is 10.9 Å². The first-order valence-electron chi connectivity index (χ1n) is 5.94. The number of benzene rings is 1. The maximum absolute atomic E-state index is 4.80. The van der Waals surface area contributed by atoms with Crippen LogP contribution in [0.1, 0.15) is 16.8 Å². The molecule has 0 unspecified atom stereocenters. The summed E-state index contributed by atoms with van der Waals surface area (Å²) in [5.74, 6) is 0. The van der Waals surface area contributed by atoms with E-state index in [0.29, 0.717) is 0 Å². The van der Waals surface area contributed by atoms with Gasteiger partial charge in [0.25, 0.3) is 0 Å². The largest absolute Gasteiger partial charge is 0.316 e. The Bertz CT molecular complexity index is 531. The standard InChI is InChI=1S/C14H16N2/c1-10-11-4-2-3-5-13(11)16-14-7-9-15-8-6-12(10)14/h2-5,15H,6-9H2,1H3. The predicted octanol–water partition coefficient (Wildman–Crippen LogP) is 2.23. The van der Waals surface area contributed by atoms with Gasteiger partial charge in [-0.25, -0.2) is 0 Å². The molecule has 0 radical (unpaired) electrons. The molecule has 0 atom stereocenters. The number of pyridine rings is 1. The Hall–Kier alpha value is -1.41. The molecule has 2 nitrogen and oxygen atoms in total. The summed E-state index contributed by atoms with van der Waals surface area (Å²) in [5, 5.41) is 4.74. The molecule has 3 rings (SSSR count). The molecule has 1 aliphatic heterocycles. The summed E-state index contributed by atoms with van der Waals surface area (Å²) >= 11 is 0. The fraction of sp³-hybridized carbons (Fsp3) is 0.357. The first-order valence-corrected chi connectivity index (χ1v) is 5.94. The molecule has 2 heterocycles. The summed E-state index contributed by atoms with van der Waals surface area (Å²) in [6, 6.07) is 8.45. The van der Waals surface area contributed by atoms with Crippen LogP contribution in [0.5, 0.6) is 0 Å². The van der Waals surface area contributed by atoms with Gasteiger partial charge in [-0.3, -0.25) is 4.98 Å². The Morgan fingerprint density at radius 3 is 2.88 bits per heavy atom. The molecule has 1 aromatic heterocycles. The van der Waals surface area contributed by atoms with E-state index in [1.807, 2.05) is 0 Å². The summed E-state index contributed by atoms with van der Waals surface area (Å²) in [6.07, 6.45) is 2.17. The number of hydrogen-bond donors (Lipinski definition) is 1. The average Bonchev–Trinajstić information content (AvgIpc) is 2.55. The van der Waals surface area contributed by atoms with Gasteiger partial charge in [0.15, 0.2) is 0 Å². The molecule has 2 heteroatoms. The van der Waals surface area contributed by atoms with E-state index in [4.69, 9.17) is 4.98 Å². The molecule has 82 valence electrons. The van der Waals surface area contributed by atoms with Gasteiger partial charge in [0, 0.05) is 24.0 Å². The van der Waals surface area contributed by atoms with Gasteiger partial charge in [0.2, 0.25) is 0 Å². The number of nitrogens with zero attached hydrogens (tertiary/aromatic N) is 1.